The number of fused-ring (bicyclic) bond motifs is 1. The van der Waals surface area contributed by atoms with Crippen LogP contribution < -0.4 is 15.6 Å². The molecule has 2 aromatic heterocycles. The minimum Gasteiger partial charge on any atom is -0.492 e. The number of hydrogen-bond donors (Lipinski definition) is 1. The van der Waals surface area contributed by atoms with Crippen LogP contribution in [0.5, 0.6) is 5.75 Å². The van der Waals surface area contributed by atoms with Gasteiger partial charge in [-0.1, -0.05) is 18.2 Å². The van der Waals surface area contributed by atoms with Gasteiger partial charge in [0.25, 0.3) is 5.56 Å². The van der Waals surface area contributed by atoms with E-state index >= 15 is 0 Å². The summed E-state index contributed by atoms with van der Waals surface area (Å²) in [4.78, 5) is 26.2. The fraction of sp³-hybridized carbons (Fsp3) is 0.296. The van der Waals surface area contributed by atoms with Crippen LogP contribution in [0.25, 0.3) is 16.7 Å². The molecule has 0 saturated carbocycles. The summed E-state index contributed by atoms with van der Waals surface area (Å²) in [6, 6.07) is 13.4. The second-order valence-corrected chi connectivity index (χ2v) is 8.31. The van der Waals surface area contributed by atoms with Crippen molar-refractivity contribution in [3.63, 3.8) is 0 Å². The van der Waals surface area contributed by atoms with Crippen LogP contribution in [0, 0.1) is 19.7 Å². The number of ether oxygens (including phenoxy) is 1. The number of amides is 1. The lowest BCUT2D eigenvalue weighted by Crippen LogP contribution is -2.27. The summed E-state index contributed by atoms with van der Waals surface area (Å²) in [5.41, 5.74) is 3.70. The Labute approximate surface area is 203 Å². The van der Waals surface area contributed by atoms with Gasteiger partial charge in [-0.15, -0.1) is 0 Å². The number of aromatic nitrogens is 3. The van der Waals surface area contributed by atoms with E-state index in [0.717, 1.165) is 16.6 Å². The van der Waals surface area contributed by atoms with Gasteiger partial charge in [-0.05, 0) is 70.0 Å². The normalized spacial score (nSPS) is 11.1. The molecule has 0 bridgehead atoms. The predicted octanol–water partition coefficient (Wildman–Crippen LogP) is 4.93. The summed E-state index contributed by atoms with van der Waals surface area (Å²) in [7, 11) is 0. The zero-order valence-electron chi connectivity index (χ0n) is 20.4. The number of anilines is 1. The highest BCUT2D eigenvalue weighted by Gasteiger charge is 2.21. The first-order valence-corrected chi connectivity index (χ1v) is 11.7. The van der Waals surface area contributed by atoms with Crippen molar-refractivity contribution in [1.82, 2.24) is 14.3 Å². The smallest absolute Gasteiger partial charge is 0.255 e. The minimum absolute atomic E-state index is 0.142. The molecule has 0 radical (unpaired) electrons. The highest BCUT2D eigenvalue weighted by atomic mass is 19.1. The van der Waals surface area contributed by atoms with Gasteiger partial charge >= 0.3 is 0 Å². The number of carbonyl (C=O) groups is 1. The Morgan fingerprint density at radius 2 is 1.89 bits per heavy atom. The highest BCUT2D eigenvalue weighted by molar-refractivity contribution is 5.92. The molecule has 0 aliphatic heterocycles. The molecule has 1 N–H and O–H groups in total. The van der Waals surface area contributed by atoms with Crippen molar-refractivity contribution in [3.8, 4) is 11.4 Å². The van der Waals surface area contributed by atoms with E-state index in [2.05, 4.69) is 10.4 Å². The van der Waals surface area contributed by atoms with Crippen LogP contribution >= 0.6 is 0 Å². The third-order valence-electron chi connectivity index (χ3n) is 6.05. The van der Waals surface area contributed by atoms with Crippen LogP contribution in [0.3, 0.4) is 0 Å². The second-order valence-electron chi connectivity index (χ2n) is 8.31. The molecule has 2 heterocycles. The van der Waals surface area contributed by atoms with Gasteiger partial charge < -0.3 is 10.1 Å². The fourth-order valence-corrected chi connectivity index (χ4v) is 4.45. The van der Waals surface area contributed by atoms with Gasteiger partial charge in [0.2, 0.25) is 5.91 Å². The van der Waals surface area contributed by atoms with Crippen molar-refractivity contribution >= 4 is 22.6 Å². The molecule has 0 spiro atoms. The molecule has 1 amide bonds. The maximum Gasteiger partial charge on any atom is 0.255 e. The van der Waals surface area contributed by atoms with Crippen LogP contribution in [-0.2, 0) is 17.8 Å². The van der Waals surface area contributed by atoms with Crippen LogP contribution in [0.15, 0.2) is 53.3 Å². The number of carbonyl (C=O) groups excluding carboxylic acids is 1. The average Bonchev–Trinajstić information content (AvgIpc) is 3.18. The van der Waals surface area contributed by atoms with E-state index in [9.17, 15) is 14.0 Å². The summed E-state index contributed by atoms with van der Waals surface area (Å²) < 4.78 is 22.7. The first-order valence-electron chi connectivity index (χ1n) is 11.7. The molecule has 0 fully saturated rings. The van der Waals surface area contributed by atoms with E-state index in [1.165, 1.54) is 12.1 Å². The Bertz CT molecular complexity index is 1460. The molecule has 4 rings (SSSR count). The third-order valence-corrected chi connectivity index (χ3v) is 6.05. The van der Waals surface area contributed by atoms with Crippen molar-refractivity contribution in [2.75, 3.05) is 11.9 Å². The number of nitrogens with one attached hydrogen (secondary N) is 1. The Kier molecular flexibility index (Phi) is 7.00. The van der Waals surface area contributed by atoms with E-state index in [-0.39, 0.29) is 30.1 Å². The Hall–Kier alpha value is -3.94. The van der Waals surface area contributed by atoms with Gasteiger partial charge in [0, 0.05) is 23.9 Å². The minimum atomic E-state index is -0.375. The van der Waals surface area contributed by atoms with E-state index in [4.69, 9.17) is 4.74 Å². The molecule has 0 unspecified atom stereocenters. The van der Waals surface area contributed by atoms with Crippen molar-refractivity contribution in [1.29, 1.82) is 0 Å². The number of benzene rings is 2. The summed E-state index contributed by atoms with van der Waals surface area (Å²) in [6.45, 7) is 8.43. The number of pyridine rings is 1. The quantitative estimate of drug-likeness (QED) is 0.391. The van der Waals surface area contributed by atoms with Crippen molar-refractivity contribution in [3.05, 3.63) is 81.5 Å². The van der Waals surface area contributed by atoms with Crippen LogP contribution in [0.1, 0.15) is 37.1 Å². The second kappa shape index (κ2) is 10.1. The topological polar surface area (TPSA) is 78.2 Å². The molecule has 182 valence electrons. The Morgan fingerprint density at radius 1 is 1.11 bits per heavy atom. The molecule has 8 heteroatoms. The number of halogens is 1. The van der Waals surface area contributed by atoms with E-state index in [0.29, 0.717) is 41.5 Å². The third kappa shape index (κ3) is 4.69. The molecule has 2 aromatic carbocycles. The largest absolute Gasteiger partial charge is 0.492 e. The van der Waals surface area contributed by atoms with Gasteiger partial charge in [0.1, 0.15) is 17.2 Å². The van der Waals surface area contributed by atoms with Crippen LogP contribution in [0.4, 0.5) is 10.1 Å². The number of nitrogens with zero attached hydrogens (tertiary/aromatic N) is 3. The SMILES string of the molecule is CCOc1ccccc1NC(=O)CCc1c(C)c2c(C)nn(-c3cccc(F)c3)c2n(CC)c1=O. The fourth-order valence-electron chi connectivity index (χ4n) is 4.45. The number of para-hydroxylation sites is 2. The predicted molar refractivity (Wildman–Crippen MR) is 135 cm³/mol. The average molecular weight is 477 g/mol. The summed E-state index contributed by atoms with van der Waals surface area (Å²) >= 11 is 0. The van der Waals surface area contributed by atoms with Gasteiger partial charge in [-0.2, -0.15) is 5.10 Å². The Morgan fingerprint density at radius 3 is 2.60 bits per heavy atom. The monoisotopic (exact) mass is 476 g/mol. The van der Waals surface area contributed by atoms with E-state index in [1.54, 1.807) is 33.5 Å². The van der Waals surface area contributed by atoms with Gasteiger partial charge in [0.05, 0.1) is 23.7 Å². The maximum absolute atomic E-state index is 13.9. The molecule has 0 aliphatic carbocycles. The van der Waals surface area contributed by atoms with Crippen LogP contribution in [-0.4, -0.2) is 26.9 Å². The first kappa shape index (κ1) is 24.2. The zero-order chi connectivity index (χ0) is 25.1. The molecular formula is C27H29FN4O3. The summed E-state index contributed by atoms with van der Waals surface area (Å²) in [5.74, 6) is 0.0282. The highest BCUT2D eigenvalue weighted by Crippen LogP contribution is 2.27. The molecule has 0 aliphatic rings. The van der Waals surface area contributed by atoms with Gasteiger partial charge in [-0.25, -0.2) is 9.07 Å². The van der Waals surface area contributed by atoms with Gasteiger partial charge in [0.15, 0.2) is 0 Å². The number of rotatable bonds is 8. The molecule has 7 nitrogen and oxygen atoms in total. The maximum atomic E-state index is 13.9. The molecule has 4 aromatic rings. The summed E-state index contributed by atoms with van der Waals surface area (Å²) in [5, 5.41) is 8.36. The van der Waals surface area contributed by atoms with E-state index < -0.39 is 0 Å². The van der Waals surface area contributed by atoms with Crippen molar-refractivity contribution < 1.29 is 13.9 Å². The van der Waals surface area contributed by atoms with Crippen molar-refractivity contribution in [2.24, 2.45) is 0 Å². The standard InChI is InChI=1S/C27H29FN4O3/c1-5-31-26-25(18(4)30-32(26)20-11-9-10-19(28)16-20)17(3)21(27(31)34)14-15-24(33)29-22-12-7-8-13-23(22)35-6-2/h7-13,16H,5-6,14-15H2,1-4H3,(H,29,33). The molecule has 0 saturated heterocycles. The van der Waals surface area contributed by atoms with Crippen LogP contribution in [0.2, 0.25) is 0 Å². The van der Waals surface area contributed by atoms with Gasteiger partial charge in [-0.3, -0.25) is 14.2 Å². The zero-order valence-corrected chi connectivity index (χ0v) is 20.4. The first-order chi connectivity index (χ1) is 16.8. The molecule has 0 atom stereocenters. The molecular weight excluding hydrogens is 447 g/mol. The number of aryl methyl sites for hydroxylation is 3. The lowest BCUT2D eigenvalue weighted by molar-refractivity contribution is -0.116. The Balaban J connectivity index is 1.69. The number of hydrogen-bond acceptors (Lipinski definition) is 4. The van der Waals surface area contributed by atoms with E-state index in [1.807, 2.05) is 39.8 Å². The lowest BCUT2D eigenvalue weighted by atomic mass is 10.0. The summed E-state index contributed by atoms with van der Waals surface area (Å²) in [6.07, 6.45) is 0.427. The molecule has 35 heavy (non-hydrogen) atoms. The van der Waals surface area contributed by atoms with Crippen molar-refractivity contribution in [2.45, 2.75) is 47.1 Å². The lowest BCUT2D eigenvalue weighted by Gasteiger charge is -2.15.